The Labute approximate surface area is 134 Å². The molecule has 0 aromatic carbocycles. The van der Waals surface area contributed by atoms with Crippen LogP contribution in [-0.4, -0.2) is 43.0 Å². The van der Waals surface area contributed by atoms with Crippen LogP contribution in [0.2, 0.25) is 0 Å². The molecule has 1 saturated carbocycles. The van der Waals surface area contributed by atoms with Crippen molar-refractivity contribution >= 4 is 6.09 Å². The number of ether oxygens (including phenoxy) is 2. The van der Waals surface area contributed by atoms with Gasteiger partial charge < -0.3 is 20.1 Å². The summed E-state index contributed by atoms with van der Waals surface area (Å²) in [7, 11) is 0. The van der Waals surface area contributed by atoms with Crippen molar-refractivity contribution in [2.45, 2.75) is 77.7 Å². The molecule has 0 aromatic heterocycles. The molecule has 0 radical (unpaired) electrons. The predicted octanol–water partition coefficient (Wildman–Crippen LogP) is 2.69. The summed E-state index contributed by atoms with van der Waals surface area (Å²) in [5, 5.41) is 6.63. The zero-order valence-electron chi connectivity index (χ0n) is 14.6. The molecular formula is C17H32N2O3. The number of fused-ring (bicyclic) bond motifs is 1. The van der Waals surface area contributed by atoms with Crippen molar-refractivity contribution in [1.82, 2.24) is 10.6 Å². The highest BCUT2D eigenvalue weighted by Crippen LogP contribution is 2.38. The summed E-state index contributed by atoms with van der Waals surface area (Å²) < 4.78 is 11.3. The lowest BCUT2D eigenvalue weighted by atomic mass is 9.68. The quantitative estimate of drug-likeness (QED) is 0.819. The lowest BCUT2D eigenvalue weighted by Crippen LogP contribution is -2.73. The lowest BCUT2D eigenvalue weighted by Gasteiger charge is -2.54. The number of carbonyl (C=O) groups excluding carboxylic acids is 1. The first kappa shape index (κ1) is 17.5. The van der Waals surface area contributed by atoms with E-state index in [1.807, 2.05) is 20.8 Å². The van der Waals surface area contributed by atoms with Gasteiger partial charge in [0.1, 0.15) is 5.60 Å². The molecule has 4 unspecified atom stereocenters. The van der Waals surface area contributed by atoms with Gasteiger partial charge in [0, 0.05) is 12.5 Å². The average molecular weight is 312 g/mol. The Morgan fingerprint density at radius 2 is 2.05 bits per heavy atom. The minimum atomic E-state index is -0.461. The van der Waals surface area contributed by atoms with Crippen molar-refractivity contribution in [2.24, 2.45) is 11.8 Å². The maximum Gasteiger partial charge on any atom is 0.407 e. The van der Waals surface area contributed by atoms with Crippen molar-refractivity contribution in [3.05, 3.63) is 0 Å². The second kappa shape index (κ2) is 7.18. The van der Waals surface area contributed by atoms with Crippen LogP contribution in [0.3, 0.4) is 0 Å². The third-order valence-electron chi connectivity index (χ3n) is 4.40. The van der Waals surface area contributed by atoms with E-state index in [-0.39, 0.29) is 24.3 Å². The highest BCUT2D eigenvalue weighted by atomic mass is 16.6. The SMILES string of the molecule is CC(C)CCNC1C(NC(=O)OC(C)(C)C)C2CCCOC21. The third kappa shape index (κ3) is 4.59. The standard InChI is InChI=1S/C17H32N2O3/c1-11(2)8-9-18-14-13(12-7-6-10-21-15(12)14)19-16(20)22-17(3,4)5/h11-15,18H,6-10H2,1-5H3,(H,19,20). The van der Waals surface area contributed by atoms with Gasteiger partial charge in [0.15, 0.2) is 0 Å². The second-order valence-corrected chi connectivity index (χ2v) is 7.98. The van der Waals surface area contributed by atoms with E-state index in [4.69, 9.17) is 9.47 Å². The van der Waals surface area contributed by atoms with E-state index >= 15 is 0 Å². The topological polar surface area (TPSA) is 59.6 Å². The molecule has 0 spiro atoms. The van der Waals surface area contributed by atoms with Gasteiger partial charge in [-0.05, 0) is 52.5 Å². The van der Waals surface area contributed by atoms with Crippen LogP contribution in [0.15, 0.2) is 0 Å². The molecular weight excluding hydrogens is 280 g/mol. The molecule has 1 saturated heterocycles. The Hall–Kier alpha value is -0.810. The van der Waals surface area contributed by atoms with E-state index in [9.17, 15) is 4.79 Å². The minimum absolute atomic E-state index is 0.118. The lowest BCUT2D eigenvalue weighted by molar-refractivity contribution is -0.128. The predicted molar refractivity (Wildman–Crippen MR) is 86.9 cm³/mol. The summed E-state index contributed by atoms with van der Waals surface area (Å²) >= 11 is 0. The largest absolute Gasteiger partial charge is 0.444 e. The van der Waals surface area contributed by atoms with Gasteiger partial charge in [-0.15, -0.1) is 0 Å². The third-order valence-corrected chi connectivity index (χ3v) is 4.40. The number of rotatable bonds is 5. The zero-order chi connectivity index (χ0) is 16.3. The fourth-order valence-corrected chi connectivity index (χ4v) is 3.33. The first-order valence-corrected chi connectivity index (χ1v) is 8.62. The minimum Gasteiger partial charge on any atom is -0.444 e. The van der Waals surface area contributed by atoms with Crippen molar-refractivity contribution in [3.63, 3.8) is 0 Å². The first-order valence-electron chi connectivity index (χ1n) is 8.62. The highest BCUT2D eigenvalue weighted by Gasteiger charge is 2.52. The molecule has 0 aromatic rings. The Morgan fingerprint density at radius 3 is 2.68 bits per heavy atom. The Morgan fingerprint density at radius 1 is 1.32 bits per heavy atom. The van der Waals surface area contributed by atoms with Crippen LogP contribution in [0.4, 0.5) is 4.79 Å². The smallest absolute Gasteiger partial charge is 0.407 e. The molecule has 1 aliphatic heterocycles. The van der Waals surface area contributed by atoms with Crippen molar-refractivity contribution in [2.75, 3.05) is 13.2 Å². The summed E-state index contributed by atoms with van der Waals surface area (Å²) in [5.41, 5.74) is -0.461. The highest BCUT2D eigenvalue weighted by molar-refractivity contribution is 5.68. The van der Waals surface area contributed by atoms with Gasteiger partial charge >= 0.3 is 6.09 Å². The van der Waals surface area contributed by atoms with E-state index in [0.717, 1.165) is 32.4 Å². The number of alkyl carbamates (subject to hydrolysis) is 1. The summed E-state index contributed by atoms with van der Waals surface area (Å²) in [6.07, 6.45) is 3.24. The Balaban J connectivity index is 1.89. The molecule has 5 heteroatoms. The number of carbonyl (C=O) groups is 1. The molecule has 0 bridgehead atoms. The van der Waals surface area contributed by atoms with Gasteiger partial charge in [0.05, 0.1) is 18.2 Å². The summed E-state index contributed by atoms with van der Waals surface area (Å²) in [4.78, 5) is 12.1. The fraction of sp³-hybridized carbons (Fsp3) is 0.941. The molecule has 1 amide bonds. The summed E-state index contributed by atoms with van der Waals surface area (Å²) in [6, 6.07) is 0.323. The van der Waals surface area contributed by atoms with Gasteiger partial charge in [-0.2, -0.15) is 0 Å². The van der Waals surface area contributed by atoms with Crippen molar-refractivity contribution < 1.29 is 14.3 Å². The second-order valence-electron chi connectivity index (χ2n) is 7.98. The van der Waals surface area contributed by atoms with Crippen LogP contribution >= 0.6 is 0 Å². The van der Waals surface area contributed by atoms with Crippen molar-refractivity contribution in [3.8, 4) is 0 Å². The van der Waals surface area contributed by atoms with E-state index in [1.165, 1.54) is 0 Å². The van der Waals surface area contributed by atoms with Crippen LogP contribution in [0.1, 0.15) is 53.9 Å². The molecule has 2 N–H and O–H groups in total. The van der Waals surface area contributed by atoms with E-state index < -0.39 is 5.60 Å². The molecule has 5 nitrogen and oxygen atoms in total. The van der Waals surface area contributed by atoms with Gasteiger partial charge in [-0.25, -0.2) is 4.79 Å². The monoisotopic (exact) mass is 312 g/mol. The Kier molecular flexibility index (Phi) is 5.72. The van der Waals surface area contributed by atoms with E-state index in [2.05, 4.69) is 24.5 Å². The van der Waals surface area contributed by atoms with E-state index in [0.29, 0.717) is 11.8 Å². The van der Waals surface area contributed by atoms with Crippen LogP contribution in [-0.2, 0) is 9.47 Å². The van der Waals surface area contributed by atoms with Crippen LogP contribution in [0, 0.1) is 11.8 Å². The van der Waals surface area contributed by atoms with Crippen LogP contribution in [0.25, 0.3) is 0 Å². The molecule has 22 heavy (non-hydrogen) atoms. The van der Waals surface area contributed by atoms with Crippen LogP contribution < -0.4 is 10.6 Å². The average Bonchev–Trinajstić information content (AvgIpc) is 2.39. The number of amides is 1. The molecule has 2 aliphatic rings. The molecule has 1 aliphatic carbocycles. The fourth-order valence-electron chi connectivity index (χ4n) is 3.33. The molecule has 1 heterocycles. The normalized spacial score (nSPS) is 31.4. The summed E-state index contributed by atoms with van der Waals surface area (Å²) in [6.45, 7) is 11.9. The van der Waals surface area contributed by atoms with Crippen LogP contribution in [0.5, 0.6) is 0 Å². The van der Waals surface area contributed by atoms with E-state index in [1.54, 1.807) is 0 Å². The number of hydrogen-bond acceptors (Lipinski definition) is 4. The Bertz CT molecular complexity index is 379. The number of nitrogens with one attached hydrogen (secondary N) is 2. The molecule has 4 atom stereocenters. The molecule has 128 valence electrons. The van der Waals surface area contributed by atoms with Crippen molar-refractivity contribution in [1.29, 1.82) is 0 Å². The van der Waals surface area contributed by atoms with Gasteiger partial charge in [0.25, 0.3) is 0 Å². The number of hydrogen-bond donors (Lipinski definition) is 2. The van der Waals surface area contributed by atoms with Gasteiger partial charge in [-0.3, -0.25) is 0 Å². The molecule has 2 fully saturated rings. The van der Waals surface area contributed by atoms with Gasteiger partial charge in [0.2, 0.25) is 0 Å². The first-order chi connectivity index (χ1) is 10.3. The zero-order valence-corrected chi connectivity index (χ0v) is 14.6. The maximum absolute atomic E-state index is 12.1. The maximum atomic E-state index is 12.1. The van der Waals surface area contributed by atoms with Gasteiger partial charge in [-0.1, -0.05) is 13.8 Å². The summed E-state index contributed by atoms with van der Waals surface area (Å²) in [5.74, 6) is 1.09. The molecule has 2 rings (SSSR count).